The zero-order chi connectivity index (χ0) is 15.4. The Balaban J connectivity index is 0.000000154. The number of nitrogens with two attached hydrogens (primary N) is 1. The molecule has 0 bridgehead atoms. The van der Waals surface area contributed by atoms with Crippen molar-refractivity contribution < 1.29 is 5.11 Å². The van der Waals surface area contributed by atoms with Crippen molar-refractivity contribution in [1.29, 1.82) is 0 Å². The summed E-state index contributed by atoms with van der Waals surface area (Å²) in [6.07, 6.45) is 2.40. The Kier molecular flexibility index (Phi) is 5.31. The predicted octanol–water partition coefficient (Wildman–Crippen LogP) is 2.84. The number of nitrogen functional groups attached to an aromatic ring is 1. The average Bonchev–Trinajstić information content (AvgIpc) is 2.83. The van der Waals surface area contributed by atoms with E-state index in [-0.39, 0.29) is 6.10 Å². The summed E-state index contributed by atoms with van der Waals surface area (Å²) in [7, 11) is 0. The van der Waals surface area contributed by atoms with Gasteiger partial charge < -0.3 is 10.8 Å². The van der Waals surface area contributed by atoms with Crippen molar-refractivity contribution in [3.63, 3.8) is 0 Å². The van der Waals surface area contributed by atoms with Gasteiger partial charge in [-0.2, -0.15) is 0 Å². The largest absolute Gasteiger partial charge is 0.392 e. The minimum Gasteiger partial charge on any atom is -0.392 e. The van der Waals surface area contributed by atoms with E-state index in [0.717, 1.165) is 35.3 Å². The Bertz CT molecular complexity index is 606. The minimum atomic E-state index is -0.127. The molecular weight excluding hydrogens is 330 g/mol. The maximum Gasteiger partial charge on any atom is 0.145 e. The first-order valence-electron chi connectivity index (χ1n) is 7.04. The minimum absolute atomic E-state index is 0.127. The number of benzene rings is 1. The van der Waals surface area contributed by atoms with Gasteiger partial charge in [0.1, 0.15) is 10.4 Å². The van der Waals surface area contributed by atoms with Crippen LogP contribution in [0.4, 0.5) is 5.82 Å². The highest BCUT2D eigenvalue weighted by Gasteiger charge is 2.17. The molecule has 0 aliphatic heterocycles. The molecule has 3 rings (SSSR count). The molecule has 0 fully saturated rings. The van der Waals surface area contributed by atoms with Crippen LogP contribution in [0.1, 0.15) is 29.4 Å². The summed E-state index contributed by atoms with van der Waals surface area (Å²) < 4.78 is 0.798. The number of rotatable bonds is 1. The number of halogens is 1. The van der Waals surface area contributed by atoms with Gasteiger partial charge in [0.05, 0.1) is 17.5 Å². The zero-order valence-electron chi connectivity index (χ0n) is 12.3. The maximum absolute atomic E-state index is 9.25. The second kappa shape index (κ2) is 7.00. The average molecular weight is 350 g/mol. The normalized spacial score (nSPS) is 13.5. The lowest BCUT2D eigenvalue weighted by atomic mass is 10.1. The van der Waals surface area contributed by atoms with Crippen molar-refractivity contribution in [2.75, 3.05) is 5.73 Å². The third-order valence-electron chi connectivity index (χ3n) is 3.49. The molecule has 4 nitrogen and oxygen atoms in total. The first-order valence-corrected chi connectivity index (χ1v) is 7.83. The number of hydrogen-bond donors (Lipinski definition) is 2. The molecular formula is C16H20BrN3O. The van der Waals surface area contributed by atoms with Gasteiger partial charge in [0, 0.05) is 0 Å². The molecule has 0 atom stereocenters. The summed E-state index contributed by atoms with van der Waals surface area (Å²) in [6, 6.07) is 8.23. The van der Waals surface area contributed by atoms with Crippen molar-refractivity contribution in [3.05, 3.63) is 51.4 Å². The second-order valence-electron chi connectivity index (χ2n) is 5.12. The molecule has 1 aromatic carbocycles. The summed E-state index contributed by atoms with van der Waals surface area (Å²) in [4.78, 5) is 8.33. The molecule has 1 heterocycles. The summed E-state index contributed by atoms with van der Waals surface area (Å²) in [5, 5.41) is 9.25. The van der Waals surface area contributed by atoms with Crippen LogP contribution >= 0.6 is 15.9 Å². The Morgan fingerprint density at radius 3 is 2.33 bits per heavy atom. The first-order chi connectivity index (χ1) is 10.0. The van der Waals surface area contributed by atoms with Crippen molar-refractivity contribution in [3.8, 4) is 0 Å². The summed E-state index contributed by atoms with van der Waals surface area (Å²) in [5.74, 6) is 0.519. The molecule has 0 radical (unpaired) electrons. The third kappa shape index (κ3) is 4.02. The Labute approximate surface area is 133 Å². The zero-order valence-corrected chi connectivity index (χ0v) is 13.9. The lowest BCUT2D eigenvalue weighted by molar-refractivity contribution is 0.187. The maximum atomic E-state index is 9.25. The fourth-order valence-electron chi connectivity index (χ4n) is 2.30. The topological polar surface area (TPSA) is 72.0 Å². The molecule has 2 aromatic rings. The number of anilines is 1. The molecule has 1 aliphatic carbocycles. The van der Waals surface area contributed by atoms with Gasteiger partial charge in [0.25, 0.3) is 0 Å². The fraction of sp³-hybridized carbons (Fsp3) is 0.375. The third-order valence-corrected chi connectivity index (χ3v) is 4.13. The van der Waals surface area contributed by atoms with Gasteiger partial charge in [0.15, 0.2) is 0 Å². The van der Waals surface area contributed by atoms with E-state index in [1.54, 1.807) is 0 Å². The van der Waals surface area contributed by atoms with E-state index in [0.29, 0.717) is 5.82 Å². The molecule has 21 heavy (non-hydrogen) atoms. The van der Waals surface area contributed by atoms with Crippen LogP contribution in [-0.4, -0.2) is 21.2 Å². The van der Waals surface area contributed by atoms with Crippen LogP contribution in [0.5, 0.6) is 0 Å². The van der Waals surface area contributed by atoms with Crippen LogP contribution in [0, 0.1) is 6.92 Å². The second-order valence-corrected chi connectivity index (χ2v) is 5.87. The molecule has 1 aliphatic rings. The van der Waals surface area contributed by atoms with Gasteiger partial charge in [-0.05, 0) is 53.2 Å². The van der Waals surface area contributed by atoms with E-state index in [2.05, 4.69) is 38.0 Å². The van der Waals surface area contributed by atoms with Gasteiger partial charge >= 0.3 is 0 Å². The number of fused-ring (bicyclic) bond motifs is 1. The Morgan fingerprint density at radius 1 is 1.24 bits per heavy atom. The predicted molar refractivity (Wildman–Crippen MR) is 88.1 cm³/mol. The number of nitrogens with zero attached hydrogens (tertiary/aromatic N) is 2. The first kappa shape index (κ1) is 15.9. The lowest BCUT2D eigenvalue weighted by Gasteiger charge is -2.02. The Hall–Kier alpha value is -1.46. The van der Waals surface area contributed by atoms with Gasteiger partial charge in [-0.25, -0.2) is 9.97 Å². The van der Waals surface area contributed by atoms with Crippen molar-refractivity contribution in [1.82, 2.24) is 9.97 Å². The number of aliphatic hydroxyl groups excluding tert-OH is 1. The summed E-state index contributed by atoms with van der Waals surface area (Å²) in [6.45, 7) is 3.86. The summed E-state index contributed by atoms with van der Waals surface area (Å²) >= 11 is 3.31. The van der Waals surface area contributed by atoms with E-state index in [4.69, 9.17) is 5.73 Å². The molecule has 112 valence electrons. The number of aliphatic hydroxyl groups is 1. The van der Waals surface area contributed by atoms with Crippen molar-refractivity contribution in [2.24, 2.45) is 0 Å². The van der Waals surface area contributed by atoms with Crippen LogP contribution in [0.25, 0.3) is 0 Å². The van der Waals surface area contributed by atoms with Crippen LogP contribution in [-0.2, 0) is 19.3 Å². The monoisotopic (exact) mass is 349 g/mol. The van der Waals surface area contributed by atoms with Gasteiger partial charge in [-0.1, -0.05) is 31.2 Å². The lowest BCUT2D eigenvalue weighted by Crippen LogP contribution is -2.03. The molecule has 0 saturated carbocycles. The molecule has 0 unspecified atom stereocenters. The SMILES string of the molecule is CCc1nc(N)c(C)nc1Br.OC1Cc2ccccc2C1. The molecule has 5 heteroatoms. The quantitative estimate of drug-likeness (QED) is 0.830. The smallest absolute Gasteiger partial charge is 0.145 e. The van der Waals surface area contributed by atoms with Gasteiger partial charge in [0.2, 0.25) is 0 Å². The van der Waals surface area contributed by atoms with E-state index < -0.39 is 0 Å². The molecule has 3 N–H and O–H groups in total. The highest BCUT2D eigenvalue weighted by molar-refractivity contribution is 9.10. The van der Waals surface area contributed by atoms with Crippen LogP contribution < -0.4 is 5.73 Å². The standard InChI is InChI=1S/C9H10O.C7H10BrN3/c10-9-5-7-3-1-2-4-8(7)6-9;1-3-5-6(8)10-4(2)7(9)11-5/h1-4,9-10H,5-6H2;3H2,1-2H3,(H2,9,11). The number of hydrogen-bond acceptors (Lipinski definition) is 4. The van der Waals surface area contributed by atoms with E-state index >= 15 is 0 Å². The number of aromatic nitrogens is 2. The highest BCUT2D eigenvalue weighted by atomic mass is 79.9. The Morgan fingerprint density at radius 2 is 1.81 bits per heavy atom. The van der Waals surface area contributed by atoms with Crippen LogP contribution in [0.2, 0.25) is 0 Å². The highest BCUT2D eigenvalue weighted by Crippen LogP contribution is 2.21. The van der Waals surface area contributed by atoms with Crippen molar-refractivity contribution >= 4 is 21.7 Å². The molecule has 0 spiro atoms. The van der Waals surface area contributed by atoms with Crippen molar-refractivity contribution in [2.45, 2.75) is 39.2 Å². The van der Waals surface area contributed by atoms with E-state index in [9.17, 15) is 5.11 Å². The molecule has 0 amide bonds. The molecule has 0 saturated heterocycles. The van der Waals surface area contributed by atoms with E-state index in [1.165, 1.54) is 11.1 Å². The van der Waals surface area contributed by atoms with E-state index in [1.807, 2.05) is 26.0 Å². The van der Waals surface area contributed by atoms with Crippen LogP contribution in [0.3, 0.4) is 0 Å². The molecule has 1 aromatic heterocycles. The summed E-state index contributed by atoms with van der Waals surface area (Å²) in [5.41, 5.74) is 9.88. The van der Waals surface area contributed by atoms with Gasteiger partial charge in [-0.3, -0.25) is 0 Å². The van der Waals surface area contributed by atoms with Crippen LogP contribution in [0.15, 0.2) is 28.9 Å². The van der Waals surface area contributed by atoms with Gasteiger partial charge in [-0.15, -0.1) is 0 Å². The number of aryl methyl sites for hydroxylation is 2. The fourth-order valence-corrected chi connectivity index (χ4v) is 2.94.